The summed E-state index contributed by atoms with van der Waals surface area (Å²) < 4.78 is 0. The van der Waals surface area contributed by atoms with Crippen molar-refractivity contribution in [2.24, 2.45) is 0 Å². The summed E-state index contributed by atoms with van der Waals surface area (Å²) >= 11 is 0. The minimum Gasteiger partial charge on any atom is -0.309 e. The quantitative estimate of drug-likeness (QED) is 0.174. The lowest BCUT2D eigenvalue weighted by Crippen LogP contribution is -2.12. The Morgan fingerprint density at radius 1 is 0.481 bits per heavy atom. The molecule has 0 heterocycles. The summed E-state index contributed by atoms with van der Waals surface area (Å²) in [4.78, 5) is 2.46. The maximum Gasteiger partial charge on any atom is 0.0542 e. The summed E-state index contributed by atoms with van der Waals surface area (Å²) in [6.07, 6.45) is 5.82. The smallest absolute Gasteiger partial charge is 0.0542 e. The summed E-state index contributed by atoms with van der Waals surface area (Å²) in [7, 11) is 0. The number of nitrogens with zero attached hydrogens (tertiary/aromatic N) is 1. The van der Waals surface area contributed by atoms with Gasteiger partial charge in [-0.2, -0.15) is 0 Å². The number of rotatable bonds is 5. The molecule has 0 saturated carbocycles. The monoisotopic (exact) mass is 687 g/mol. The van der Waals surface area contributed by atoms with Gasteiger partial charge in [-0.1, -0.05) is 164 Å². The van der Waals surface area contributed by atoms with Crippen molar-refractivity contribution in [1.29, 1.82) is 0 Å². The first-order chi connectivity index (χ1) is 26.7. The van der Waals surface area contributed by atoms with Crippen LogP contribution in [0.2, 0.25) is 0 Å². The van der Waals surface area contributed by atoms with E-state index >= 15 is 0 Å². The van der Waals surface area contributed by atoms with E-state index in [0.29, 0.717) is 0 Å². The molecule has 0 aromatic heterocycles. The van der Waals surface area contributed by atoms with Gasteiger partial charge in [-0.15, -0.1) is 0 Å². The van der Waals surface area contributed by atoms with Gasteiger partial charge < -0.3 is 4.90 Å². The van der Waals surface area contributed by atoms with Crippen LogP contribution < -0.4 is 4.90 Å². The zero-order valence-corrected chi connectivity index (χ0v) is 30.1. The molecule has 54 heavy (non-hydrogen) atoms. The number of aryl methyl sites for hydroxylation is 1. The van der Waals surface area contributed by atoms with Crippen LogP contribution in [0.15, 0.2) is 188 Å². The third-order valence-corrected chi connectivity index (χ3v) is 11.8. The van der Waals surface area contributed by atoms with E-state index in [0.717, 1.165) is 17.8 Å². The standard InChI is InChI=1S/C53H37N/c1-34-31-38-15-5-6-17-41(38)51(32-34)54(50-24-10-9-16-40(50)36-13-3-2-4-14-36)39-28-25-35(26-29-39)37-27-30-43-46-21-12-22-47-48-23-11-20-45(53(48)49(43)33-37)42-18-7-8-19-44(42)52(46)47/h2-32,37H,33H2,1H3. The number of hydrogen-bond donors (Lipinski definition) is 0. The largest absolute Gasteiger partial charge is 0.309 e. The normalized spacial score (nSPS) is 14.7. The third kappa shape index (κ3) is 4.72. The number of hydrogen-bond acceptors (Lipinski definition) is 1. The average Bonchev–Trinajstić information content (AvgIpc) is 3.34. The van der Waals surface area contributed by atoms with E-state index in [1.165, 1.54) is 94.4 Å². The highest BCUT2D eigenvalue weighted by molar-refractivity contribution is 6.15. The van der Waals surface area contributed by atoms with Crippen molar-refractivity contribution < 1.29 is 0 Å². The van der Waals surface area contributed by atoms with Crippen LogP contribution in [0.25, 0.3) is 66.4 Å². The van der Waals surface area contributed by atoms with E-state index in [-0.39, 0.29) is 5.92 Å². The topological polar surface area (TPSA) is 3.24 Å². The van der Waals surface area contributed by atoms with Gasteiger partial charge in [0.05, 0.1) is 11.4 Å². The predicted octanol–water partition coefficient (Wildman–Crippen LogP) is 14.6. The van der Waals surface area contributed by atoms with Gasteiger partial charge >= 0.3 is 0 Å². The minimum absolute atomic E-state index is 0.262. The van der Waals surface area contributed by atoms with Gasteiger partial charge in [0, 0.05) is 22.6 Å². The van der Waals surface area contributed by atoms with E-state index < -0.39 is 0 Å². The van der Waals surface area contributed by atoms with E-state index in [9.17, 15) is 0 Å². The Hall–Kier alpha value is -6.70. The highest BCUT2D eigenvalue weighted by Gasteiger charge is 2.33. The molecule has 0 fully saturated rings. The van der Waals surface area contributed by atoms with Crippen molar-refractivity contribution in [1.82, 2.24) is 0 Å². The molecule has 11 rings (SSSR count). The van der Waals surface area contributed by atoms with Crippen molar-refractivity contribution in [3.63, 3.8) is 0 Å². The zero-order valence-electron chi connectivity index (χ0n) is 30.1. The fraction of sp³-hybridized carbons (Fsp3) is 0.0566. The van der Waals surface area contributed by atoms with Crippen LogP contribution in [0.1, 0.15) is 34.6 Å². The molecule has 3 aliphatic carbocycles. The second-order valence-electron chi connectivity index (χ2n) is 14.9. The fourth-order valence-electron chi connectivity index (χ4n) is 9.41. The lowest BCUT2D eigenvalue weighted by Gasteiger charge is -2.30. The Morgan fingerprint density at radius 2 is 1.11 bits per heavy atom. The zero-order chi connectivity index (χ0) is 35.8. The average molecular weight is 688 g/mol. The van der Waals surface area contributed by atoms with Crippen molar-refractivity contribution >= 4 is 39.0 Å². The molecular formula is C53H37N. The van der Waals surface area contributed by atoms with Crippen molar-refractivity contribution in [2.75, 3.05) is 4.90 Å². The Morgan fingerprint density at radius 3 is 1.93 bits per heavy atom. The van der Waals surface area contributed by atoms with E-state index in [1.54, 1.807) is 0 Å². The SMILES string of the molecule is Cc1cc(N(c2ccc(C3C=CC4=C(C3)c3c5cccc3-c3cccc4c3-c3ccccc3-5)cc2)c2ccccc2-c2ccccc2)c2ccccc2c1. The summed E-state index contributed by atoms with van der Waals surface area (Å²) in [5, 5.41) is 2.48. The summed E-state index contributed by atoms with van der Waals surface area (Å²) in [6.45, 7) is 2.20. The summed E-state index contributed by atoms with van der Waals surface area (Å²) in [5.74, 6) is 0.262. The summed E-state index contributed by atoms with van der Waals surface area (Å²) in [6, 6.07) is 65.1. The molecule has 8 aromatic rings. The van der Waals surface area contributed by atoms with Crippen molar-refractivity contribution in [2.45, 2.75) is 19.3 Å². The minimum atomic E-state index is 0.262. The van der Waals surface area contributed by atoms with Gasteiger partial charge in [0.1, 0.15) is 0 Å². The molecule has 0 aliphatic heterocycles. The molecule has 8 aromatic carbocycles. The van der Waals surface area contributed by atoms with Gasteiger partial charge in [-0.25, -0.2) is 0 Å². The van der Waals surface area contributed by atoms with Gasteiger partial charge in [0.15, 0.2) is 0 Å². The van der Waals surface area contributed by atoms with E-state index in [2.05, 4.69) is 200 Å². The molecular weight excluding hydrogens is 651 g/mol. The number of benzene rings is 8. The fourth-order valence-corrected chi connectivity index (χ4v) is 9.41. The van der Waals surface area contributed by atoms with Crippen LogP contribution in [0, 0.1) is 6.92 Å². The maximum atomic E-state index is 2.46. The van der Waals surface area contributed by atoms with Gasteiger partial charge in [0.25, 0.3) is 0 Å². The van der Waals surface area contributed by atoms with Crippen molar-refractivity contribution in [3.8, 4) is 44.5 Å². The molecule has 1 atom stereocenters. The second-order valence-corrected chi connectivity index (χ2v) is 14.9. The highest BCUT2D eigenvalue weighted by Crippen LogP contribution is 2.57. The molecule has 0 N–H and O–H groups in total. The predicted molar refractivity (Wildman–Crippen MR) is 228 cm³/mol. The lowest BCUT2D eigenvalue weighted by molar-refractivity contribution is 0.870. The second kappa shape index (κ2) is 12.2. The molecule has 0 spiro atoms. The van der Waals surface area contributed by atoms with E-state index in [1.807, 2.05) is 0 Å². The molecule has 1 heteroatoms. The first-order valence-corrected chi connectivity index (χ1v) is 19.0. The first-order valence-electron chi connectivity index (χ1n) is 19.0. The Bertz CT molecular complexity index is 2850. The van der Waals surface area contributed by atoms with Crippen molar-refractivity contribution in [3.05, 3.63) is 210 Å². The highest BCUT2D eigenvalue weighted by atomic mass is 15.1. The van der Waals surface area contributed by atoms with Crippen LogP contribution in [0.5, 0.6) is 0 Å². The molecule has 1 nitrogen and oxygen atoms in total. The molecule has 0 radical (unpaired) electrons. The third-order valence-electron chi connectivity index (χ3n) is 11.8. The van der Waals surface area contributed by atoms with Gasteiger partial charge in [-0.3, -0.25) is 0 Å². The lowest BCUT2D eigenvalue weighted by atomic mass is 9.76. The van der Waals surface area contributed by atoms with Crippen LogP contribution in [0.4, 0.5) is 17.1 Å². The number of allylic oxidation sites excluding steroid dienone is 4. The first kappa shape index (κ1) is 30.9. The van der Waals surface area contributed by atoms with E-state index in [4.69, 9.17) is 0 Å². The maximum absolute atomic E-state index is 2.46. The molecule has 0 amide bonds. The van der Waals surface area contributed by atoms with Crippen LogP contribution >= 0.6 is 0 Å². The van der Waals surface area contributed by atoms with Crippen LogP contribution in [-0.4, -0.2) is 0 Å². The molecule has 6 bridgehead atoms. The molecule has 0 saturated heterocycles. The Balaban J connectivity index is 1.03. The van der Waals surface area contributed by atoms with Gasteiger partial charge in [0.2, 0.25) is 0 Å². The molecule has 254 valence electrons. The Kier molecular flexibility index (Phi) is 6.97. The van der Waals surface area contributed by atoms with Gasteiger partial charge in [-0.05, 0) is 115 Å². The number of fused-ring (bicyclic) bond motifs is 4. The molecule has 3 aliphatic rings. The Labute approximate surface area is 316 Å². The number of anilines is 3. The van der Waals surface area contributed by atoms with Crippen LogP contribution in [0.3, 0.4) is 0 Å². The molecule has 1 unspecified atom stereocenters. The summed E-state index contributed by atoms with van der Waals surface area (Å²) in [5.41, 5.74) is 22.1. The number of para-hydroxylation sites is 1. The van der Waals surface area contributed by atoms with Crippen LogP contribution in [-0.2, 0) is 0 Å².